The number of carbonyl (C=O) groups is 1. The van der Waals surface area contributed by atoms with Crippen molar-refractivity contribution in [2.45, 2.75) is 13.5 Å². The number of aldehydes is 1. The fourth-order valence-corrected chi connectivity index (χ4v) is 1.84. The molecule has 0 N–H and O–H groups in total. The third-order valence-corrected chi connectivity index (χ3v) is 2.47. The molecule has 0 spiro atoms. The number of likely N-dealkylation sites (tertiary alicyclic amines) is 1. The van der Waals surface area contributed by atoms with E-state index in [1.807, 2.05) is 12.1 Å². The van der Waals surface area contributed by atoms with Gasteiger partial charge in [0.15, 0.2) is 6.29 Å². The van der Waals surface area contributed by atoms with E-state index >= 15 is 0 Å². The fourth-order valence-electron chi connectivity index (χ4n) is 1.84. The van der Waals surface area contributed by atoms with Gasteiger partial charge in [0.25, 0.3) is 0 Å². The van der Waals surface area contributed by atoms with Gasteiger partial charge in [-0.25, -0.2) is 4.98 Å². The van der Waals surface area contributed by atoms with E-state index < -0.39 is 0 Å². The summed E-state index contributed by atoms with van der Waals surface area (Å²) in [6.07, 6.45) is 0.794. The van der Waals surface area contributed by atoms with Crippen molar-refractivity contribution in [1.29, 1.82) is 0 Å². The van der Waals surface area contributed by atoms with Crippen molar-refractivity contribution >= 4 is 6.29 Å². The van der Waals surface area contributed by atoms with E-state index in [9.17, 15) is 4.79 Å². The van der Waals surface area contributed by atoms with Gasteiger partial charge in [0.1, 0.15) is 5.69 Å². The predicted octanol–water partition coefficient (Wildman–Crippen LogP) is 1.35. The molecule has 1 aliphatic rings. The highest BCUT2D eigenvalue weighted by molar-refractivity contribution is 5.71. The van der Waals surface area contributed by atoms with Crippen LogP contribution in [0.4, 0.5) is 0 Å². The minimum absolute atomic E-state index is 0.524. The summed E-state index contributed by atoms with van der Waals surface area (Å²) in [5.41, 5.74) is 1.51. The van der Waals surface area contributed by atoms with Crippen molar-refractivity contribution in [3.63, 3.8) is 0 Å². The Kier molecular flexibility index (Phi) is 2.59. The molecule has 74 valence electrons. The molecule has 14 heavy (non-hydrogen) atoms. The molecule has 0 aliphatic carbocycles. The Balaban J connectivity index is 1.98. The topological polar surface area (TPSA) is 33.2 Å². The Morgan fingerprint density at radius 3 is 3.00 bits per heavy atom. The summed E-state index contributed by atoms with van der Waals surface area (Å²) in [6, 6.07) is 5.58. The maximum Gasteiger partial charge on any atom is 0.168 e. The Hall–Kier alpha value is -1.22. The molecular weight excluding hydrogens is 176 g/mol. The van der Waals surface area contributed by atoms with E-state index in [-0.39, 0.29) is 0 Å². The standard InChI is InChI=1S/C11H14N2O/c1-9-5-13(6-9)7-10-3-2-4-11(8-14)12-10/h2-4,8-9H,5-7H2,1H3. The highest BCUT2D eigenvalue weighted by Crippen LogP contribution is 2.16. The van der Waals surface area contributed by atoms with Crippen LogP contribution in [0, 0.1) is 5.92 Å². The zero-order valence-corrected chi connectivity index (χ0v) is 8.31. The van der Waals surface area contributed by atoms with Crippen LogP contribution in [-0.4, -0.2) is 29.3 Å². The van der Waals surface area contributed by atoms with Crippen molar-refractivity contribution in [2.75, 3.05) is 13.1 Å². The molecule has 0 atom stereocenters. The normalized spacial score (nSPS) is 17.8. The Labute approximate surface area is 83.8 Å². The Morgan fingerprint density at radius 1 is 1.57 bits per heavy atom. The number of hydrogen-bond donors (Lipinski definition) is 0. The van der Waals surface area contributed by atoms with Crippen LogP contribution in [-0.2, 0) is 6.54 Å². The summed E-state index contributed by atoms with van der Waals surface area (Å²) in [6.45, 7) is 5.40. The van der Waals surface area contributed by atoms with Crippen LogP contribution in [0.15, 0.2) is 18.2 Å². The van der Waals surface area contributed by atoms with Crippen LogP contribution in [0.3, 0.4) is 0 Å². The second-order valence-electron chi connectivity index (χ2n) is 3.97. The first-order valence-corrected chi connectivity index (χ1v) is 4.91. The van der Waals surface area contributed by atoms with Crippen molar-refractivity contribution in [1.82, 2.24) is 9.88 Å². The lowest BCUT2D eigenvalue weighted by atomic mass is 10.0. The van der Waals surface area contributed by atoms with Gasteiger partial charge in [-0.15, -0.1) is 0 Å². The van der Waals surface area contributed by atoms with Gasteiger partial charge in [0.2, 0.25) is 0 Å². The molecule has 0 unspecified atom stereocenters. The van der Waals surface area contributed by atoms with E-state index in [0.717, 1.165) is 37.5 Å². The number of pyridine rings is 1. The lowest BCUT2D eigenvalue weighted by Crippen LogP contribution is -2.44. The van der Waals surface area contributed by atoms with E-state index in [1.54, 1.807) is 6.07 Å². The zero-order chi connectivity index (χ0) is 9.97. The first kappa shape index (κ1) is 9.34. The molecule has 1 aromatic heterocycles. The van der Waals surface area contributed by atoms with Gasteiger partial charge >= 0.3 is 0 Å². The number of hydrogen-bond acceptors (Lipinski definition) is 3. The van der Waals surface area contributed by atoms with Crippen LogP contribution in [0.2, 0.25) is 0 Å². The third-order valence-electron chi connectivity index (χ3n) is 2.47. The summed E-state index contributed by atoms with van der Waals surface area (Å²) < 4.78 is 0. The molecular formula is C11H14N2O. The van der Waals surface area contributed by atoms with Gasteiger partial charge in [0.05, 0.1) is 5.69 Å². The molecule has 2 heterocycles. The van der Waals surface area contributed by atoms with E-state index in [1.165, 1.54) is 0 Å². The summed E-state index contributed by atoms with van der Waals surface area (Å²) in [5, 5.41) is 0. The maximum absolute atomic E-state index is 10.5. The molecule has 1 aromatic rings. The number of rotatable bonds is 3. The molecule has 2 rings (SSSR count). The van der Waals surface area contributed by atoms with Crippen LogP contribution in [0.1, 0.15) is 23.1 Å². The smallest absolute Gasteiger partial charge is 0.168 e. The second-order valence-corrected chi connectivity index (χ2v) is 3.97. The summed E-state index contributed by atoms with van der Waals surface area (Å²) in [7, 11) is 0. The van der Waals surface area contributed by atoms with Crippen molar-refractivity contribution in [3.05, 3.63) is 29.6 Å². The molecule has 1 aliphatic heterocycles. The highest BCUT2D eigenvalue weighted by Gasteiger charge is 2.22. The largest absolute Gasteiger partial charge is 0.297 e. The van der Waals surface area contributed by atoms with Crippen molar-refractivity contribution in [3.8, 4) is 0 Å². The minimum atomic E-state index is 0.524. The molecule has 0 aromatic carbocycles. The van der Waals surface area contributed by atoms with Crippen LogP contribution < -0.4 is 0 Å². The summed E-state index contributed by atoms with van der Waals surface area (Å²) >= 11 is 0. The average Bonchev–Trinajstić information content (AvgIpc) is 2.16. The highest BCUT2D eigenvalue weighted by atomic mass is 16.1. The Morgan fingerprint density at radius 2 is 2.36 bits per heavy atom. The number of aromatic nitrogens is 1. The zero-order valence-electron chi connectivity index (χ0n) is 8.31. The fraction of sp³-hybridized carbons (Fsp3) is 0.455. The molecule has 0 amide bonds. The molecule has 1 saturated heterocycles. The van der Waals surface area contributed by atoms with Gasteiger partial charge in [0, 0.05) is 19.6 Å². The van der Waals surface area contributed by atoms with Crippen LogP contribution >= 0.6 is 0 Å². The van der Waals surface area contributed by atoms with E-state index in [2.05, 4.69) is 16.8 Å². The first-order chi connectivity index (χ1) is 6.78. The average molecular weight is 190 g/mol. The summed E-state index contributed by atoms with van der Waals surface area (Å²) in [5.74, 6) is 0.809. The SMILES string of the molecule is CC1CN(Cc2cccc(C=O)n2)C1. The third kappa shape index (κ3) is 1.99. The lowest BCUT2D eigenvalue weighted by Gasteiger charge is -2.36. The van der Waals surface area contributed by atoms with Crippen LogP contribution in [0.25, 0.3) is 0 Å². The number of nitrogens with zero attached hydrogens (tertiary/aromatic N) is 2. The predicted molar refractivity (Wildman–Crippen MR) is 54.1 cm³/mol. The Bertz CT molecular complexity index is 332. The second kappa shape index (κ2) is 3.88. The van der Waals surface area contributed by atoms with Gasteiger partial charge < -0.3 is 0 Å². The van der Waals surface area contributed by atoms with Gasteiger partial charge in [-0.05, 0) is 18.1 Å². The summed E-state index contributed by atoms with van der Waals surface area (Å²) in [4.78, 5) is 17.1. The quantitative estimate of drug-likeness (QED) is 0.674. The molecule has 3 nitrogen and oxygen atoms in total. The van der Waals surface area contributed by atoms with Gasteiger partial charge in [-0.1, -0.05) is 13.0 Å². The van der Waals surface area contributed by atoms with E-state index in [4.69, 9.17) is 0 Å². The monoisotopic (exact) mass is 190 g/mol. The number of carbonyl (C=O) groups excluding carboxylic acids is 1. The first-order valence-electron chi connectivity index (χ1n) is 4.91. The lowest BCUT2D eigenvalue weighted by molar-refractivity contribution is 0.103. The molecule has 0 bridgehead atoms. The van der Waals surface area contributed by atoms with Gasteiger partial charge in [-0.2, -0.15) is 0 Å². The van der Waals surface area contributed by atoms with Crippen LogP contribution in [0.5, 0.6) is 0 Å². The van der Waals surface area contributed by atoms with Crippen molar-refractivity contribution in [2.24, 2.45) is 5.92 Å². The molecule has 3 heteroatoms. The maximum atomic E-state index is 10.5. The van der Waals surface area contributed by atoms with Gasteiger partial charge in [-0.3, -0.25) is 9.69 Å². The molecule has 0 radical (unpaired) electrons. The van der Waals surface area contributed by atoms with Crippen molar-refractivity contribution < 1.29 is 4.79 Å². The van der Waals surface area contributed by atoms with E-state index in [0.29, 0.717) is 5.69 Å². The molecule has 0 saturated carbocycles. The molecule has 1 fully saturated rings. The minimum Gasteiger partial charge on any atom is -0.297 e.